The van der Waals surface area contributed by atoms with Gasteiger partial charge in [0, 0.05) is 35.8 Å². The molecule has 0 spiro atoms. The van der Waals surface area contributed by atoms with Crippen LogP contribution in [0.3, 0.4) is 0 Å². The van der Waals surface area contributed by atoms with Crippen molar-refractivity contribution in [1.29, 1.82) is 0 Å². The van der Waals surface area contributed by atoms with Crippen LogP contribution in [0.5, 0.6) is 5.75 Å². The Morgan fingerprint density at radius 1 is 1.06 bits per heavy atom. The predicted molar refractivity (Wildman–Crippen MR) is 148 cm³/mol. The van der Waals surface area contributed by atoms with E-state index in [1.165, 1.54) is 0 Å². The van der Waals surface area contributed by atoms with E-state index in [1.54, 1.807) is 6.20 Å². The molecular weight excluding hydrogens is 418 g/mol. The Bertz CT molecular complexity index is 1410. The molecule has 0 saturated carbocycles. The Kier molecular flexibility index (Phi) is 5.19. The summed E-state index contributed by atoms with van der Waals surface area (Å²) in [5.41, 5.74) is 5.74. The third kappa shape index (κ3) is 3.93. The second kappa shape index (κ2) is 7.86. The molecule has 0 saturated heterocycles. The number of aryl methyl sites for hydroxylation is 1. The van der Waals surface area contributed by atoms with Crippen LogP contribution in [-0.2, 0) is 18.9 Å². The van der Waals surface area contributed by atoms with E-state index in [2.05, 4.69) is 40.4 Å². The van der Waals surface area contributed by atoms with Crippen molar-refractivity contribution in [3.8, 4) is 16.9 Å². The summed E-state index contributed by atoms with van der Waals surface area (Å²) in [6.07, 6.45) is 3.77. The van der Waals surface area contributed by atoms with Crippen LogP contribution in [0.2, 0.25) is 0 Å². The van der Waals surface area contributed by atoms with Gasteiger partial charge in [-0.25, -0.2) is 0 Å². The summed E-state index contributed by atoms with van der Waals surface area (Å²) in [7, 11) is 12.0. The Balaban J connectivity index is 1.41. The molecule has 0 aliphatic carbocycles. The van der Waals surface area contributed by atoms with Crippen LogP contribution in [-0.4, -0.2) is 70.1 Å². The van der Waals surface area contributed by atoms with Gasteiger partial charge < -0.3 is 9.64 Å². The lowest BCUT2D eigenvalue weighted by atomic mass is 9.52. The van der Waals surface area contributed by atoms with E-state index in [9.17, 15) is 4.79 Å². The molecule has 0 unspecified atom stereocenters. The van der Waals surface area contributed by atoms with E-state index in [-0.39, 0.29) is 11.2 Å². The van der Waals surface area contributed by atoms with Crippen molar-refractivity contribution in [3.05, 3.63) is 77.7 Å². The minimum Gasteiger partial charge on any atom is -0.512 e. The Hall–Kier alpha value is -3.35. The first-order valence-corrected chi connectivity index (χ1v) is 11.6. The molecule has 1 amide bonds. The predicted octanol–water partition coefficient (Wildman–Crippen LogP) is -1.44. The molecule has 3 heterocycles. The van der Waals surface area contributed by atoms with Crippen molar-refractivity contribution < 1.29 is 9.53 Å². The SMILES string of the molecule is BC(B)(B)Oc1cnc2c(c1)C(=O)N(Cc1ccc(-c3cccc4nn(C)cc34)cc1)C2(B)B. The number of carbonyl (C=O) groups is 1. The highest BCUT2D eigenvalue weighted by atomic mass is 16.5. The molecule has 0 fully saturated rings. The zero-order valence-corrected chi connectivity index (χ0v) is 20.6. The number of hydrogen-bond donors (Lipinski definition) is 0. The lowest BCUT2D eigenvalue weighted by Gasteiger charge is -2.32. The fourth-order valence-corrected chi connectivity index (χ4v) is 4.69. The van der Waals surface area contributed by atoms with Gasteiger partial charge in [0.05, 0.1) is 23.0 Å². The summed E-state index contributed by atoms with van der Waals surface area (Å²) in [5, 5.41) is 4.78. The van der Waals surface area contributed by atoms with Gasteiger partial charge in [-0.3, -0.25) is 14.5 Å². The van der Waals surface area contributed by atoms with E-state index in [4.69, 9.17) is 4.74 Å². The maximum Gasteiger partial charge on any atom is 0.255 e. The summed E-state index contributed by atoms with van der Waals surface area (Å²) in [5.74, 6) is 0.599. The fraction of sp³-hybridized carbons (Fsp3) is 0.174. The van der Waals surface area contributed by atoms with Gasteiger partial charge in [0.2, 0.25) is 0 Å². The molecule has 0 radical (unpaired) electrons. The fourth-order valence-electron chi connectivity index (χ4n) is 4.69. The molecule has 0 bridgehead atoms. The number of carbonyl (C=O) groups excluding carboxylic acids is 1. The molecule has 2 aromatic heterocycles. The van der Waals surface area contributed by atoms with Gasteiger partial charge in [0.15, 0.2) is 0 Å². The second-order valence-corrected chi connectivity index (χ2v) is 10.5. The maximum atomic E-state index is 13.4. The smallest absolute Gasteiger partial charge is 0.255 e. The number of aromatic nitrogens is 3. The largest absolute Gasteiger partial charge is 0.512 e. The Morgan fingerprint density at radius 2 is 1.79 bits per heavy atom. The molecule has 34 heavy (non-hydrogen) atoms. The third-order valence-electron chi connectivity index (χ3n) is 6.29. The zero-order valence-electron chi connectivity index (χ0n) is 20.6. The van der Waals surface area contributed by atoms with Crippen LogP contribution in [0.4, 0.5) is 0 Å². The molecule has 11 heteroatoms. The van der Waals surface area contributed by atoms with Gasteiger partial charge in [-0.2, -0.15) is 5.10 Å². The third-order valence-corrected chi connectivity index (χ3v) is 6.29. The quantitative estimate of drug-likeness (QED) is 0.355. The first-order chi connectivity index (χ1) is 16.0. The average Bonchev–Trinajstić information content (AvgIpc) is 3.23. The maximum absolute atomic E-state index is 13.4. The highest BCUT2D eigenvalue weighted by molar-refractivity contribution is 6.58. The van der Waals surface area contributed by atoms with E-state index in [0.29, 0.717) is 17.9 Å². The monoisotopic (exact) mass is 444 g/mol. The van der Waals surface area contributed by atoms with E-state index in [1.807, 2.05) is 80.3 Å². The first-order valence-electron chi connectivity index (χ1n) is 11.6. The Labute approximate surface area is 204 Å². The molecule has 4 aromatic rings. The number of ether oxygens (including phenoxy) is 1. The number of amides is 1. The van der Waals surface area contributed by atoms with E-state index < -0.39 is 5.34 Å². The molecule has 6 nitrogen and oxygen atoms in total. The number of hydrogen-bond acceptors (Lipinski definition) is 4. The number of rotatable bonds is 5. The van der Waals surface area contributed by atoms with E-state index >= 15 is 0 Å². The molecule has 1 aliphatic rings. The highest BCUT2D eigenvalue weighted by Crippen LogP contribution is 2.36. The molecule has 0 atom stereocenters. The van der Waals surface area contributed by atoms with E-state index in [0.717, 1.165) is 33.3 Å². The number of benzene rings is 2. The molecule has 164 valence electrons. The van der Waals surface area contributed by atoms with Crippen molar-refractivity contribution in [2.24, 2.45) is 7.05 Å². The van der Waals surface area contributed by atoms with Crippen molar-refractivity contribution in [2.45, 2.75) is 17.2 Å². The van der Waals surface area contributed by atoms with Crippen molar-refractivity contribution in [1.82, 2.24) is 19.7 Å². The minimum absolute atomic E-state index is 0.0175. The highest BCUT2D eigenvalue weighted by Gasteiger charge is 2.44. The lowest BCUT2D eigenvalue weighted by Crippen LogP contribution is -2.44. The van der Waals surface area contributed by atoms with Gasteiger partial charge in [-0.15, -0.1) is 0 Å². The van der Waals surface area contributed by atoms with Crippen LogP contribution in [0, 0.1) is 0 Å². The molecule has 1 aliphatic heterocycles. The zero-order chi connectivity index (χ0) is 24.3. The van der Waals surface area contributed by atoms with Crippen molar-refractivity contribution in [2.75, 3.05) is 0 Å². The number of fused-ring (bicyclic) bond motifs is 2. The van der Waals surface area contributed by atoms with Gasteiger partial charge in [0.1, 0.15) is 45.0 Å². The molecular formula is C23H25B5N4O2. The second-order valence-electron chi connectivity index (χ2n) is 10.5. The van der Waals surface area contributed by atoms with Crippen LogP contribution < -0.4 is 4.74 Å². The average molecular weight is 444 g/mol. The summed E-state index contributed by atoms with van der Waals surface area (Å²) in [6.45, 7) is 0.509. The van der Waals surface area contributed by atoms with Crippen LogP contribution >= 0.6 is 0 Å². The van der Waals surface area contributed by atoms with Gasteiger partial charge in [0.25, 0.3) is 5.91 Å². The minimum atomic E-state index is -0.507. The summed E-state index contributed by atoms with van der Waals surface area (Å²) in [4.78, 5) is 19.9. The topological polar surface area (TPSA) is 60.2 Å². The standard InChI is InChI=1S/C23H25B5N4O2/c1-31-12-18-16(3-2-4-19(18)30-31)14-7-5-13(6-8-14)11-32-21(33)17-9-15(34-23(26,27)28)10-29-20(17)22(32,24)25/h2-10,12H,11,24-28H2,1H3. The van der Waals surface area contributed by atoms with Gasteiger partial charge in [-0.1, -0.05) is 36.4 Å². The normalized spacial score (nSPS) is 15.0. The molecule has 2 aromatic carbocycles. The molecule has 0 N–H and O–H groups in total. The number of pyridine rings is 1. The van der Waals surface area contributed by atoms with Crippen LogP contribution in [0.1, 0.15) is 21.6 Å². The lowest BCUT2D eigenvalue weighted by molar-refractivity contribution is 0.0731. The Morgan fingerprint density at radius 3 is 2.50 bits per heavy atom. The summed E-state index contributed by atoms with van der Waals surface area (Å²) < 4.78 is 7.79. The van der Waals surface area contributed by atoms with Gasteiger partial charge in [-0.05, 0) is 28.8 Å². The first kappa shape index (κ1) is 22.4. The summed E-state index contributed by atoms with van der Waals surface area (Å²) in [6, 6.07) is 16.4. The van der Waals surface area contributed by atoms with Crippen LogP contribution in [0.15, 0.2) is 60.9 Å². The van der Waals surface area contributed by atoms with Crippen LogP contribution in [0.25, 0.3) is 22.0 Å². The van der Waals surface area contributed by atoms with Crippen molar-refractivity contribution >= 4 is 56.0 Å². The summed E-state index contributed by atoms with van der Waals surface area (Å²) >= 11 is 0. The molecule has 5 rings (SSSR count). The van der Waals surface area contributed by atoms with Gasteiger partial charge >= 0.3 is 0 Å². The number of nitrogens with zero attached hydrogens (tertiary/aromatic N) is 4. The van der Waals surface area contributed by atoms with Crippen molar-refractivity contribution in [3.63, 3.8) is 0 Å².